The molecule has 1 aliphatic carbocycles. The third-order valence-corrected chi connectivity index (χ3v) is 7.45. The molecule has 174 valence electrons. The van der Waals surface area contributed by atoms with Gasteiger partial charge in [-0.15, -0.1) is 0 Å². The zero-order valence-corrected chi connectivity index (χ0v) is 19.4. The van der Waals surface area contributed by atoms with Crippen molar-refractivity contribution in [1.29, 1.82) is 0 Å². The van der Waals surface area contributed by atoms with Gasteiger partial charge < -0.3 is 10.2 Å². The van der Waals surface area contributed by atoms with Crippen LogP contribution in [0.3, 0.4) is 0 Å². The molecule has 1 saturated carbocycles. The zero-order valence-electron chi connectivity index (χ0n) is 19.4. The predicted octanol–water partition coefficient (Wildman–Crippen LogP) is 3.13. The van der Waals surface area contributed by atoms with Gasteiger partial charge in [0.2, 0.25) is 5.91 Å². The first-order valence-electron chi connectivity index (χ1n) is 12.1. The number of carbonyl (C=O) groups is 3. The van der Waals surface area contributed by atoms with Crippen molar-refractivity contribution in [1.82, 2.24) is 20.0 Å². The zero-order chi connectivity index (χ0) is 22.7. The number of amides is 4. The van der Waals surface area contributed by atoms with Crippen molar-refractivity contribution in [3.63, 3.8) is 0 Å². The molecule has 1 aromatic rings. The maximum absolute atomic E-state index is 13.0. The van der Waals surface area contributed by atoms with Gasteiger partial charge in [0.25, 0.3) is 5.91 Å². The van der Waals surface area contributed by atoms with E-state index in [1.165, 1.54) is 18.4 Å². The van der Waals surface area contributed by atoms with Crippen LogP contribution in [0.1, 0.15) is 63.0 Å². The first kappa shape index (κ1) is 22.8. The smallest absolute Gasteiger partial charge is 0.327 e. The highest BCUT2D eigenvalue weighted by Gasteiger charge is 2.55. The van der Waals surface area contributed by atoms with Gasteiger partial charge in [-0.1, -0.05) is 50.5 Å². The van der Waals surface area contributed by atoms with Crippen LogP contribution in [0.4, 0.5) is 4.79 Å². The molecular weight excluding hydrogens is 404 g/mol. The van der Waals surface area contributed by atoms with Crippen molar-refractivity contribution in [2.45, 2.75) is 70.5 Å². The van der Waals surface area contributed by atoms with E-state index < -0.39 is 5.54 Å². The molecule has 0 radical (unpaired) electrons. The maximum atomic E-state index is 13.0. The Labute approximate surface area is 191 Å². The monoisotopic (exact) mass is 440 g/mol. The summed E-state index contributed by atoms with van der Waals surface area (Å²) in [4.78, 5) is 43.4. The second kappa shape index (κ2) is 9.61. The van der Waals surface area contributed by atoms with Crippen LogP contribution in [-0.4, -0.2) is 64.8 Å². The normalized spacial score (nSPS) is 23.8. The third-order valence-electron chi connectivity index (χ3n) is 7.45. The molecule has 0 aromatic heterocycles. The van der Waals surface area contributed by atoms with E-state index in [9.17, 15) is 14.4 Å². The number of urea groups is 1. The van der Waals surface area contributed by atoms with Gasteiger partial charge in [-0.25, -0.2) is 4.79 Å². The van der Waals surface area contributed by atoms with E-state index in [0.29, 0.717) is 19.4 Å². The summed E-state index contributed by atoms with van der Waals surface area (Å²) < 4.78 is 0. The molecule has 32 heavy (non-hydrogen) atoms. The molecule has 1 N–H and O–H groups in total. The summed E-state index contributed by atoms with van der Waals surface area (Å²) in [6, 6.07) is 7.97. The molecule has 2 heterocycles. The van der Waals surface area contributed by atoms with E-state index in [4.69, 9.17) is 0 Å². The molecule has 4 amide bonds. The van der Waals surface area contributed by atoms with Crippen LogP contribution in [0.2, 0.25) is 0 Å². The number of hydrogen-bond acceptors (Lipinski definition) is 4. The summed E-state index contributed by atoms with van der Waals surface area (Å²) in [6.45, 7) is 5.76. The highest BCUT2D eigenvalue weighted by molar-refractivity contribution is 6.08. The lowest BCUT2D eigenvalue weighted by Gasteiger charge is -2.35. The molecule has 1 atom stereocenters. The molecule has 3 fully saturated rings. The largest absolute Gasteiger partial charge is 0.350 e. The first-order chi connectivity index (χ1) is 15.4. The number of imide groups is 1. The Balaban J connectivity index is 1.27. The van der Waals surface area contributed by atoms with Gasteiger partial charge in [-0.3, -0.25) is 19.4 Å². The fraction of sp³-hybridized carbons (Fsp3) is 0.640. The van der Waals surface area contributed by atoms with Crippen LogP contribution in [0, 0.1) is 5.92 Å². The topological polar surface area (TPSA) is 73.0 Å². The van der Waals surface area contributed by atoms with E-state index in [1.807, 2.05) is 12.1 Å². The van der Waals surface area contributed by atoms with Crippen LogP contribution < -0.4 is 5.32 Å². The Hall–Kier alpha value is -2.41. The Morgan fingerprint density at radius 3 is 2.44 bits per heavy atom. The number of nitrogens with zero attached hydrogens (tertiary/aromatic N) is 3. The molecule has 7 heteroatoms. The van der Waals surface area contributed by atoms with E-state index in [-0.39, 0.29) is 24.4 Å². The molecular formula is C25H36N4O3. The van der Waals surface area contributed by atoms with Crippen LogP contribution in [0.15, 0.2) is 24.3 Å². The highest BCUT2D eigenvalue weighted by Crippen LogP contribution is 2.39. The Kier molecular flexibility index (Phi) is 6.84. The van der Waals surface area contributed by atoms with Crippen LogP contribution in [0.5, 0.6) is 0 Å². The van der Waals surface area contributed by atoms with Crippen molar-refractivity contribution in [2.24, 2.45) is 5.92 Å². The minimum Gasteiger partial charge on any atom is -0.350 e. The number of likely N-dealkylation sites (N-methyl/N-ethyl adjacent to an activating group) is 1. The molecule has 7 nitrogen and oxygen atoms in total. The molecule has 0 bridgehead atoms. The Bertz CT molecular complexity index is 847. The minimum atomic E-state index is -0.738. The number of piperidine rings is 1. The summed E-state index contributed by atoms with van der Waals surface area (Å²) in [7, 11) is 1.69. The molecule has 1 unspecified atom stereocenters. The molecule has 2 aliphatic heterocycles. The van der Waals surface area contributed by atoms with E-state index in [0.717, 1.165) is 55.3 Å². The Morgan fingerprint density at radius 1 is 1.06 bits per heavy atom. The summed E-state index contributed by atoms with van der Waals surface area (Å²) in [5.74, 6) is 0.246. The van der Waals surface area contributed by atoms with Gasteiger partial charge in [0.05, 0.1) is 0 Å². The summed E-state index contributed by atoms with van der Waals surface area (Å²) in [5.41, 5.74) is 1.55. The number of benzene rings is 1. The lowest BCUT2D eigenvalue weighted by molar-refractivity contribution is -0.137. The van der Waals surface area contributed by atoms with Crippen LogP contribution >= 0.6 is 0 Å². The maximum Gasteiger partial charge on any atom is 0.327 e. The van der Waals surface area contributed by atoms with Crippen molar-refractivity contribution < 1.29 is 14.4 Å². The second-order valence-corrected chi connectivity index (χ2v) is 9.90. The number of hydrogen-bond donors (Lipinski definition) is 1. The first-order valence-corrected chi connectivity index (χ1v) is 12.1. The van der Waals surface area contributed by atoms with Crippen molar-refractivity contribution >= 4 is 17.8 Å². The van der Waals surface area contributed by atoms with Gasteiger partial charge in [0.15, 0.2) is 0 Å². The lowest BCUT2D eigenvalue weighted by atomic mass is 9.81. The number of likely N-dealkylation sites (tertiary alicyclic amines) is 1. The van der Waals surface area contributed by atoms with Crippen LogP contribution in [0.25, 0.3) is 0 Å². The molecule has 3 aliphatic rings. The standard InChI is InChI=1S/C25H36N4O3/c1-19-7-6-14-28(16-19)17-21-10-8-20(9-11-21)15-26-22(30)18-29-23(31)25(27(2)24(29)32)12-4-3-5-13-25/h8-11,19H,3-7,12-18H2,1-2H3,(H,26,30). The van der Waals surface area contributed by atoms with Crippen LogP contribution in [-0.2, 0) is 22.7 Å². The molecule has 1 spiro atoms. The van der Waals surface area contributed by atoms with E-state index in [1.54, 1.807) is 11.9 Å². The molecule has 1 aromatic carbocycles. The predicted molar refractivity (Wildman–Crippen MR) is 123 cm³/mol. The highest BCUT2D eigenvalue weighted by atomic mass is 16.2. The minimum absolute atomic E-state index is 0.212. The fourth-order valence-electron chi connectivity index (χ4n) is 5.52. The van der Waals surface area contributed by atoms with Crippen molar-refractivity contribution in [3.8, 4) is 0 Å². The van der Waals surface area contributed by atoms with E-state index >= 15 is 0 Å². The van der Waals surface area contributed by atoms with E-state index in [2.05, 4.69) is 29.3 Å². The number of nitrogens with one attached hydrogen (secondary N) is 1. The van der Waals surface area contributed by atoms with Gasteiger partial charge in [0.1, 0.15) is 12.1 Å². The number of carbonyl (C=O) groups excluding carboxylic acids is 3. The fourth-order valence-corrected chi connectivity index (χ4v) is 5.52. The van der Waals surface area contributed by atoms with Gasteiger partial charge in [-0.2, -0.15) is 0 Å². The SMILES string of the molecule is CC1CCCN(Cc2ccc(CNC(=O)CN3C(=O)N(C)C4(CCCCC4)C3=O)cc2)C1. The Morgan fingerprint density at radius 2 is 1.75 bits per heavy atom. The summed E-state index contributed by atoms with van der Waals surface area (Å²) in [6.07, 6.45) is 6.94. The number of rotatable bonds is 6. The van der Waals surface area contributed by atoms with Gasteiger partial charge >= 0.3 is 6.03 Å². The van der Waals surface area contributed by atoms with Gasteiger partial charge in [0, 0.05) is 26.7 Å². The molecule has 4 rings (SSSR count). The molecule has 2 saturated heterocycles. The quantitative estimate of drug-likeness (QED) is 0.690. The van der Waals surface area contributed by atoms with Crippen molar-refractivity contribution in [3.05, 3.63) is 35.4 Å². The summed E-state index contributed by atoms with van der Waals surface area (Å²) >= 11 is 0. The third kappa shape index (κ3) is 4.68. The average Bonchev–Trinajstić information content (AvgIpc) is 2.95. The second-order valence-electron chi connectivity index (χ2n) is 9.90. The average molecular weight is 441 g/mol. The van der Waals surface area contributed by atoms with Crippen molar-refractivity contribution in [2.75, 3.05) is 26.7 Å². The lowest BCUT2D eigenvalue weighted by Crippen LogP contribution is -2.49. The van der Waals surface area contributed by atoms with Gasteiger partial charge in [-0.05, 0) is 49.3 Å². The summed E-state index contributed by atoms with van der Waals surface area (Å²) in [5, 5.41) is 2.87.